The lowest BCUT2D eigenvalue weighted by Gasteiger charge is -2.15. The Morgan fingerprint density at radius 1 is 0.962 bits per heavy atom. The van der Waals surface area contributed by atoms with E-state index in [0.717, 1.165) is 28.5 Å². The molecule has 0 aliphatic rings. The van der Waals surface area contributed by atoms with Crippen molar-refractivity contribution in [3.63, 3.8) is 0 Å². The monoisotopic (exact) mass is 356 g/mol. The number of aliphatic hydroxyl groups excluding tert-OH is 1. The van der Waals surface area contributed by atoms with Crippen LogP contribution in [0.25, 0.3) is 10.8 Å². The summed E-state index contributed by atoms with van der Waals surface area (Å²) in [5.74, 6) is -1.70. The largest absolute Gasteiger partial charge is 0.388 e. The zero-order valence-corrected chi connectivity index (χ0v) is 13.9. The van der Waals surface area contributed by atoms with Gasteiger partial charge in [-0.05, 0) is 34.9 Å². The molecule has 1 atom stereocenters. The molecule has 6 heteroatoms. The van der Waals surface area contributed by atoms with Gasteiger partial charge in [0.15, 0.2) is 0 Å². The average Bonchev–Trinajstić information content (AvgIpc) is 2.64. The fourth-order valence-corrected chi connectivity index (χ4v) is 2.79. The van der Waals surface area contributed by atoms with E-state index in [-0.39, 0.29) is 13.0 Å². The van der Waals surface area contributed by atoms with E-state index in [0.29, 0.717) is 0 Å². The Balaban J connectivity index is 1.58. The van der Waals surface area contributed by atoms with Crippen molar-refractivity contribution in [2.45, 2.75) is 12.5 Å². The molecule has 0 bridgehead atoms. The molecule has 26 heavy (non-hydrogen) atoms. The number of nitrogens with one attached hydrogen (secondary N) is 2. The summed E-state index contributed by atoms with van der Waals surface area (Å²) in [6, 6.07) is 16.0. The van der Waals surface area contributed by atoms with Crippen LogP contribution in [0.15, 0.2) is 60.7 Å². The number of para-hydroxylation sites is 1. The average molecular weight is 356 g/mol. The van der Waals surface area contributed by atoms with E-state index in [1.165, 1.54) is 6.07 Å². The van der Waals surface area contributed by atoms with Crippen LogP contribution in [0.4, 0.5) is 19.3 Å². The highest BCUT2D eigenvalue weighted by atomic mass is 19.1. The number of carbonyl (C=O) groups is 1. The van der Waals surface area contributed by atoms with Gasteiger partial charge >= 0.3 is 6.03 Å². The summed E-state index contributed by atoms with van der Waals surface area (Å²) >= 11 is 0. The second-order valence-corrected chi connectivity index (χ2v) is 5.85. The number of halogens is 2. The molecule has 0 aliphatic carbocycles. The van der Waals surface area contributed by atoms with Crippen molar-refractivity contribution < 1.29 is 18.7 Å². The summed E-state index contributed by atoms with van der Waals surface area (Å²) in [6.07, 6.45) is -0.507. The summed E-state index contributed by atoms with van der Waals surface area (Å²) in [7, 11) is 0. The van der Waals surface area contributed by atoms with Crippen molar-refractivity contribution in [3.05, 3.63) is 77.9 Å². The highest BCUT2D eigenvalue weighted by Crippen LogP contribution is 2.25. The molecule has 0 heterocycles. The molecular weight excluding hydrogens is 338 g/mol. The molecule has 2 amide bonds. The zero-order valence-electron chi connectivity index (χ0n) is 13.9. The van der Waals surface area contributed by atoms with Crippen LogP contribution in [0.5, 0.6) is 0 Å². The van der Waals surface area contributed by atoms with Crippen LogP contribution in [-0.2, 0) is 0 Å². The van der Waals surface area contributed by atoms with Gasteiger partial charge in [-0.25, -0.2) is 13.6 Å². The van der Waals surface area contributed by atoms with Crippen molar-refractivity contribution in [1.82, 2.24) is 5.32 Å². The molecule has 0 saturated carbocycles. The van der Waals surface area contributed by atoms with Gasteiger partial charge in [-0.3, -0.25) is 0 Å². The number of urea groups is 1. The van der Waals surface area contributed by atoms with Gasteiger partial charge in [0.1, 0.15) is 17.3 Å². The van der Waals surface area contributed by atoms with E-state index >= 15 is 0 Å². The van der Waals surface area contributed by atoms with Gasteiger partial charge in [-0.1, -0.05) is 48.5 Å². The zero-order chi connectivity index (χ0) is 18.5. The number of fused-ring (bicyclic) bond motifs is 1. The summed E-state index contributed by atoms with van der Waals surface area (Å²) in [5.41, 5.74) is 0.269. The molecule has 0 fully saturated rings. The first kappa shape index (κ1) is 17.8. The SMILES string of the molecule is O=C(NCCC(O)c1cccc2ccccc12)Nc1c(F)cccc1F. The standard InChI is InChI=1S/C20H18F2N2O2/c21-16-9-4-10-17(22)19(16)24-20(26)23-12-11-18(25)15-8-3-6-13-5-1-2-7-14(13)15/h1-10,18,25H,11-12H2,(H2,23,24,26). The molecule has 3 N–H and O–H groups in total. The lowest BCUT2D eigenvalue weighted by molar-refractivity contribution is 0.169. The third kappa shape index (κ3) is 3.97. The Labute approximate surface area is 149 Å². The quantitative estimate of drug-likeness (QED) is 0.636. The first-order valence-electron chi connectivity index (χ1n) is 8.21. The predicted molar refractivity (Wildman–Crippen MR) is 96.9 cm³/mol. The van der Waals surface area contributed by atoms with Crippen molar-refractivity contribution in [3.8, 4) is 0 Å². The molecule has 0 saturated heterocycles. The molecule has 4 nitrogen and oxygen atoms in total. The molecule has 0 radical (unpaired) electrons. The third-order valence-corrected chi connectivity index (χ3v) is 4.09. The molecule has 0 spiro atoms. The maximum atomic E-state index is 13.5. The van der Waals surface area contributed by atoms with Crippen LogP contribution in [0.3, 0.4) is 0 Å². The number of hydrogen-bond donors (Lipinski definition) is 3. The number of benzene rings is 3. The number of anilines is 1. The maximum absolute atomic E-state index is 13.5. The van der Waals surface area contributed by atoms with E-state index in [1.54, 1.807) is 0 Å². The normalized spacial score (nSPS) is 12.0. The topological polar surface area (TPSA) is 61.4 Å². The second kappa shape index (κ2) is 7.93. The Hall–Kier alpha value is -2.99. The minimum absolute atomic E-state index is 0.145. The molecule has 3 aromatic carbocycles. The van der Waals surface area contributed by atoms with Crippen molar-refractivity contribution in [2.24, 2.45) is 0 Å². The lowest BCUT2D eigenvalue weighted by atomic mass is 9.99. The third-order valence-electron chi connectivity index (χ3n) is 4.09. The molecule has 1 unspecified atom stereocenters. The van der Waals surface area contributed by atoms with Gasteiger partial charge < -0.3 is 15.7 Å². The summed E-state index contributed by atoms with van der Waals surface area (Å²) < 4.78 is 27.0. The van der Waals surface area contributed by atoms with E-state index in [4.69, 9.17) is 0 Å². The van der Waals surface area contributed by atoms with E-state index < -0.39 is 29.5 Å². The van der Waals surface area contributed by atoms with Crippen LogP contribution in [0.1, 0.15) is 18.1 Å². The molecule has 3 rings (SSSR count). The number of amides is 2. The van der Waals surface area contributed by atoms with Gasteiger partial charge in [0, 0.05) is 6.54 Å². The van der Waals surface area contributed by atoms with Crippen molar-refractivity contribution in [1.29, 1.82) is 0 Å². The minimum atomic E-state index is -0.851. The van der Waals surface area contributed by atoms with Gasteiger partial charge in [-0.15, -0.1) is 0 Å². The highest BCUT2D eigenvalue weighted by molar-refractivity contribution is 5.89. The number of hydrogen-bond acceptors (Lipinski definition) is 2. The van der Waals surface area contributed by atoms with Crippen LogP contribution in [0, 0.1) is 11.6 Å². The summed E-state index contributed by atoms with van der Waals surface area (Å²) in [5, 5.41) is 17.0. The first-order valence-corrected chi connectivity index (χ1v) is 8.21. The number of rotatable bonds is 5. The lowest BCUT2D eigenvalue weighted by Crippen LogP contribution is -2.31. The van der Waals surface area contributed by atoms with Crippen LogP contribution in [-0.4, -0.2) is 17.7 Å². The highest BCUT2D eigenvalue weighted by Gasteiger charge is 2.13. The second-order valence-electron chi connectivity index (χ2n) is 5.85. The molecular formula is C20H18F2N2O2. The van der Waals surface area contributed by atoms with Crippen LogP contribution >= 0.6 is 0 Å². The fraction of sp³-hybridized carbons (Fsp3) is 0.150. The smallest absolute Gasteiger partial charge is 0.319 e. The Kier molecular flexibility index (Phi) is 5.43. The predicted octanol–water partition coefficient (Wildman–Crippen LogP) is 4.36. The Morgan fingerprint density at radius 3 is 2.38 bits per heavy atom. The van der Waals surface area contributed by atoms with Crippen molar-refractivity contribution in [2.75, 3.05) is 11.9 Å². The Bertz CT molecular complexity index is 905. The first-order chi connectivity index (χ1) is 12.6. The number of carbonyl (C=O) groups excluding carboxylic acids is 1. The van der Waals surface area contributed by atoms with Crippen molar-refractivity contribution >= 4 is 22.5 Å². The molecule has 0 aliphatic heterocycles. The maximum Gasteiger partial charge on any atom is 0.319 e. The van der Waals surface area contributed by atoms with Crippen LogP contribution < -0.4 is 10.6 Å². The molecule has 0 aromatic heterocycles. The van der Waals surface area contributed by atoms with Gasteiger partial charge in [0.05, 0.1) is 6.10 Å². The van der Waals surface area contributed by atoms with Gasteiger partial charge in [0.2, 0.25) is 0 Å². The summed E-state index contributed by atoms with van der Waals surface area (Å²) in [4.78, 5) is 11.8. The molecule has 134 valence electrons. The number of aliphatic hydroxyl groups is 1. The van der Waals surface area contributed by atoms with Gasteiger partial charge in [0.25, 0.3) is 0 Å². The Morgan fingerprint density at radius 2 is 1.62 bits per heavy atom. The van der Waals surface area contributed by atoms with E-state index in [1.807, 2.05) is 42.5 Å². The molecule has 3 aromatic rings. The van der Waals surface area contributed by atoms with Gasteiger partial charge in [-0.2, -0.15) is 0 Å². The fourth-order valence-electron chi connectivity index (χ4n) is 2.79. The minimum Gasteiger partial charge on any atom is -0.388 e. The van der Waals surface area contributed by atoms with E-state index in [2.05, 4.69) is 10.6 Å². The summed E-state index contributed by atoms with van der Waals surface area (Å²) in [6.45, 7) is 0.145. The van der Waals surface area contributed by atoms with Crippen LogP contribution in [0.2, 0.25) is 0 Å². The van der Waals surface area contributed by atoms with E-state index in [9.17, 15) is 18.7 Å².